The van der Waals surface area contributed by atoms with E-state index < -0.39 is 0 Å². The molecule has 0 rings (SSSR count). The van der Waals surface area contributed by atoms with Crippen molar-refractivity contribution in [1.82, 2.24) is 5.32 Å². The summed E-state index contributed by atoms with van der Waals surface area (Å²) in [6.07, 6.45) is 6.38. The summed E-state index contributed by atoms with van der Waals surface area (Å²) in [7, 11) is 0. The zero-order valence-corrected chi connectivity index (χ0v) is 4.76. The fraction of sp³-hybridized carbons (Fsp3) is 0.200. The molecule has 46 valence electrons. The largest absolute Gasteiger partial charge is 0.369 e. The average molecular weight is 122 g/mol. The Kier molecular flexibility index (Phi) is 3.64. The van der Waals surface area contributed by atoms with Gasteiger partial charge in [-0.1, -0.05) is 5.92 Å². The molecule has 0 saturated carbocycles. The van der Waals surface area contributed by atoms with Gasteiger partial charge in [-0.25, -0.2) is 0 Å². The lowest BCUT2D eigenvalue weighted by Crippen LogP contribution is -2.31. The molecule has 0 atom stereocenters. The first-order chi connectivity index (χ1) is 4.31. The maximum Gasteiger partial charge on any atom is 0.209 e. The SMILES string of the molecule is C#CCNC(N)=NC#N. The van der Waals surface area contributed by atoms with Crippen molar-refractivity contribution in [1.29, 1.82) is 5.26 Å². The monoisotopic (exact) mass is 122 g/mol. The number of nitrogens with one attached hydrogen (secondary N) is 1. The molecule has 0 aromatic carbocycles. The molecule has 0 radical (unpaired) electrons. The van der Waals surface area contributed by atoms with Crippen molar-refractivity contribution in [3.8, 4) is 18.5 Å². The second-order valence-corrected chi connectivity index (χ2v) is 1.15. The molecule has 0 aromatic heterocycles. The molecule has 0 amide bonds. The zero-order chi connectivity index (χ0) is 7.11. The Bertz CT molecular complexity index is 180. The number of nitriles is 1. The Morgan fingerprint density at radius 1 is 1.89 bits per heavy atom. The second kappa shape index (κ2) is 4.48. The molecular weight excluding hydrogens is 116 g/mol. The van der Waals surface area contributed by atoms with Crippen molar-refractivity contribution in [3.05, 3.63) is 0 Å². The number of nitrogens with two attached hydrogens (primary N) is 1. The third kappa shape index (κ3) is 4.17. The topological polar surface area (TPSA) is 74.2 Å². The molecule has 0 aliphatic heterocycles. The van der Waals surface area contributed by atoms with Crippen LogP contribution in [0.5, 0.6) is 0 Å². The summed E-state index contributed by atoms with van der Waals surface area (Å²) in [5.74, 6) is 2.33. The Morgan fingerprint density at radius 3 is 3.00 bits per heavy atom. The van der Waals surface area contributed by atoms with Gasteiger partial charge in [-0.2, -0.15) is 5.26 Å². The van der Waals surface area contributed by atoms with E-state index in [0.29, 0.717) is 0 Å². The van der Waals surface area contributed by atoms with Crippen LogP contribution in [0, 0.1) is 23.8 Å². The van der Waals surface area contributed by atoms with E-state index in [4.69, 9.17) is 17.4 Å². The number of hydrogen-bond donors (Lipinski definition) is 2. The van der Waals surface area contributed by atoms with Crippen LogP contribution in [0.2, 0.25) is 0 Å². The summed E-state index contributed by atoms with van der Waals surface area (Å²) in [6.45, 7) is 0.289. The highest BCUT2D eigenvalue weighted by molar-refractivity contribution is 5.78. The average Bonchev–Trinajstić information content (AvgIpc) is 1.85. The van der Waals surface area contributed by atoms with E-state index in [0.717, 1.165) is 0 Å². The molecular formula is C5H6N4. The Labute approximate surface area is 53.4 Å². The van der Waals surface area contributed by atoms with Crippen LogP contribution >= 0.6 is 0 Å². The number of nitrogens with zero attached hydrogens (tertiary/aromatic N) is 2. The molecule has 0 unspecified atom stereocenters. The van der Waals surface area contributed by atoms with Gasteiger partial charge in [0.1, 0.15) is 0 Å². The van der Waals surface area contributed by atoms with Crippen LogP contribution in [0.1, 0.15) is 0 Å². The normalized spacial score (nSPS) is 9.33. The quantitative estimate of drug-likeness (QED) is 0.203. The van der Waals surface area contributed by atoms with Gasteiger partial charge in [0, 0.05) is 0 Å². The molecule has 0 fully saturated rings. The smallest absolute Gasteiger partial charge is 0.209 e. The molecule has 0 spiro atoms. The molecule has 3 N–H and O–H groups in total. The van der Waals surface area contributed by atoms with Gasteiger partial charge in [-0.3, -0.25) is 0 Å². The van der Waals surface area contributed by atoms with Gasteiger partial charge in [0.25, 0.3) is 0 Å². The Balaban J connectivity index is 3.56. The van der Waals surface area contributed by atoms with Gasteiger partial charge < -0.3 is 11.1 Å². The highest BCUT2D eigenvalue weighted by Crippen LogP contribution is 1.59. The molecule has 0 aliphatic rings. The Hall–Kier alpha value is -1.68. The second-order valence-electron chi connectivity index (χ2n) is 1.15. The predicted octanol–water partition coefficient (Wildman–Crippen LogP) is -0.995. The van der Waals surface area contributed by atoms with Gasteiger partial charge >= 0.3 is 0 Å². The predicted molar refractivity (Wildman–Crippen MR) is 34.1 cm³/mol. The van der Waals surface area contributed by atoms with Gasteiger partial charge in [0.2, 0.25) is 12.2 Å². The summed E-state index contributed by atoms with van der Waals surface area (Å²) < 4.78 is 0. The molecule has 0 saturated heterocycles. The van der Waals surface area contributed by atoms with Gasteiger partial charge in [0.05, 0.1) is 6.54 Å². The highest BCUT2D eigenvalue weighted by Gasteiger charge is 1.82. The molecule has 0 bridgehead atoms. The minimum atomic E-state index is 0.0513. The van der Waals surface area contributed by atoms with E-state index in [1.54, 1.807) is 0 Å². The first-order valence-electron chi connectivity index (χ1n) is 2.21. The van der Waals surface area contributed by atoms with Crippen molar-refractivity contribution >= 4 is 5.96 Å². The maximum atomic E-state index is 7.93. The minimum Gasteiger partial charge on any atom is -0.369 e. The summed E-state index contributed by atoms with van der Waals surface area (Å²) in [5.41, 5.74) is 5.09. The lowest BCUT2D eigenvalue weighted by Gasteiger charge is -1.94. The fourth-order valence-electron chi connectivity index (χ4n) is 0.235. The summed E-state index contributed by atoms with van der Waals surface area (Å²) >= 11 is 0. The number of rotatable bonds is 1. The van der Waals surface area contributed by atoms with E-state index in [9.17, 15) is 0 Å². The summed E-state index contributed by atoms with van der Waals surface area (Å²) in [5, 5.41) is 10.4. The fourth-order valence-corrected chi connectivity index (χ4v) is 0.235. The van der Waals surface area contributed by atoms with Crippen LogP contribution in [0.4, 0.5) is 0 Å². The molecule has 0 aromatic rings. The first-order valence-corrected chi connectivity index (χ1v) is 2.21. The van der Waals surface area contributed by atoms with Crippen LogP contribution in [0.15, 0.2) is 4.99 Å². The highest BCUT2D eigenvalue weighted by atomic mass is 15.1. The maximum absolute atomic E-state index is 7.93. The van der Waals surface area contributed by atoms with Crippen molar-refractivity contribution in [3.63, 3.8) is 0 Å². The van der Waals surface area contributed by atoms with E-state index in [1.807, 2.05) is 0 Å². The van der Waals surface area contributed by atoms with Crippen LogP contribution in [-0.4, -0.2) is 12.5 Å². The van der Waals surface area contributed by atoms with Crippen molar-refractivity contribution in [2.75, 3.05) is 6.54 Å². The van der Waals surface area contributed by atoms with Gasteiger partial charge in [0.15, 0.2) is 0 Å². The van der Waals surface area contributed by atoms with Crippen molar-refractivity contribution in [2.45, 2.75) is 0 Å². The number of guanidine groups is 1. The van der Waals surface area contributed by atoms with E-state index in [1.165, 1.54) is 6.19 Å². The molecule has 9 heavy (non-hydrogen) atoms. The molecule has 4 heteroatoms. The third-order valence-electron chi connectivity index (χ3n) is 0.542. The summed E-state index contributed by atoms with van der Waals surface area (Å²) in [6, 6.07) is 0. The lowest BCUT2D eigenvalue weighted by atomic mass is 10.7. The van der Waals surface area contributed by atoms with Crippen LogP contribution in [0.25, 0.3) is 0 Å². The van der Waals surface area contributed by atoms with Crippen LogP contribution in [0.3, 0.4) is 0 Å². The third-order valence-corrected chi connectivity index (χ3v) is 0.542. The van der Waals surface area contributed by atoms with Gasteiger partial charge in [-0.05, 0) is 0 Å². The van der Waals surface area contributed by atoms with Crippen LogP contribution in [-0.2, 0) is 0 Å². The lowest BCUT2D eigenvalue weighted by molar-refractivity contribution is 1.05. The van der Waals surface area contributed by atoms with E-state index in [2.05, 4.69) is 16.2 Å². The minimum absolute atomic E-state index is 0.0513. The van der Waals surface area contributed by atoms with Crippen molar-refractivity contribution < 1.29 is 0 Å². The number of hydrogen-bond acceptors (Lipinski definition) is 2. The zero-order valence-electron chi connectivity index (χ0n) is 4.76. The first kappa shape index (κ1) is 7.32. The molecule has 0 aliphatic carbocycles. The van der Waals surface area contributed by atoms with Crippen LogP contribution < -0.4 is 11.1 Å². The van der Waals surface area contributed by atoms with E-state index >= 15 is 0 Å². The summed E-state index contributed by atoms with van der Waals surface area (Å²) in [4.78, 5) is 3.16. The molecule has 4 nitrogen and oxygen atoms in total. The van der Waals surface area contributed by atoms with Crippen molar-refractivity contribution in [2.24, 2.45) is 10.7 Å². The molecule has 0 heterocycles. The van der Waals surface area contributed by atoms with E-state index in [-0.39, 0.29) is 12.5 Å². The Morgan fingerprint density at radius 2 is 2.56 bits per heavy atom. The van der Waals surface area contributed by atoms with Gasteiger partial charge in [-0.15, -0.1) is 11.4 Å². The standard InChI is InChI=1S/C5H6N4/c1-2-3-8-5(7)9-4-6/h1H,3H2,(H3,7,8,9). The number of terminal acetylenes is 1. The number of aliphatic imine (C=N–C) groups is 1.